The fourth-order valence-corrected chi connectivity index (χ4v) is 3.38. The second-order valence-corrected chi connectivity index (χ2v) is 7.10. The number of anilines is 1. The molecule has 0 aromatic heterocycles. The lowest BCUT2D eigenvalue weighted by molar-refractivity contribution is -0.137. The summed E-state index contributed by atoms with van der Waals surface area (Å²) in [5, 5.41) is 8.71. The van der Waals surface area contributed by atoms with E-state index >= 15 is 0 Å². The van der Waals surface area contributed by atoms with E-state index in [0.717, 1.165) is 31.4 Å². The number of carbonyl (C=O) groups is 2. The van der Waals surface area contributed by atoms with Gasteiger partial charge in [0.15, 0.2) is 0 Å². The minimum absolute atomic E-state index is 0.0394. The standard InChI is InChI=1S/C21H22F3N3O3/c22-21(23,24)17-5-4-6-18(13-17)27(20(29)26-11-2-1-3-12-26)14-15-7-9-16(10-8-15)19(28)25-30/h4-10,13,30H,1-3,11-12,14H2,(H,25,28). The maximum absolute atomic E-state index is 13.2. The van der Waals surface area contributed by atoms with Crippen LogP contribution in [0.15, 0.2) is 48.5 Å². The third-order valence-electron chi connectivity index (χ3n) is 5.00. The first-order chi connectivity index (χ1) is 14.3. The molecule has 0 unspecified atom stereocenters. The molecule has 0 aliphatic carbocycles. The number of nitrogens with one attached hydrogen (secondary N) is 1. The molecule has 2 N–H and O–H groups in total. The van der Waals surface area contributed by atoms with Gasteiger partial charge in [0.2, 0.25) is 0 Å². The van der Waals surface area contributed by atoms with Gasteiger partial charge in [-0.1, -0.05) is 18.2 Å². The Bertz CT molecular complexity index is 894. The Morgan fingerprint density at radius 3 is 2.30 bits per heavy atom. The molecule has 3 rings (SSSR count). The summed E-state index contributed by atoms with van der Waals surface area (Å²) in [6.07, 6.45) is -1.79. The van der Waals surface area contributed by atoms with E-state index < -0.39 is 17.6 Å². The summed E-state index contributed by atoms with van der Waals surface area (Å²) in [6.45, 7) is 1.16. The molecule has 3 amide bonds. The van der Waals surface area contributed by atoms with Gasteiger partial charge in [-0.25, -0.2) is 10.3 Å². The molecule has 9 heteroatoms. The first-order valence-corrected chi connectivity index (χ1v) is 9.56. The molecular weight excluding hydrogens is 399 g/mol. The first kappa shape index (κ1) is 21.6. The number of carbonyl (C=O) groups excluding carboxylic acids is 2. The normalized spacial score (nSPS) is 14.3. The molecule has 0 saturated carbocycles. The number of urea groups is 1. The minimum Gasteiger partial charge on any atom is -0.324 e. The molecule has 0 spiro atoms. The Hall–Kier alpha value is -3.07. The SMILES string of the molecule is O=C(NO)c1ccc(CN(C(=O)N2CCCCC2)c2cccc(C(F)(F)F)c2)cc1. The zero-order valence-corrected chi connectivity index (χ0v) is 16.2. The van der Waals surface area contributed by atoms with Crippen LogP contribution in [0.3, 0.4) is 0 Å². The maximum atomic E-state index is 13.2. The molecular formula is C21H22F3N3O3. The molecule has 1 saturated heterocycles. The van der Waals surface area contributed by atoms with Crippen LogP contribution in [0.2, 0.25) is 0 Å². The number of rotatable bonds is 4. The summed E-state index contributed by atoms with van der Waals surface area (Å²) >= 11 is 0. The van der Waals surface area contributed by atoms with Crippen molar-refractivity contribution in [3.8, 4) is 0 Å². The van der Waals surface area contributed by atoms with Crippen LogP contribution in [-0.2, 0) is 12.7 Å². The number of hydrogen-bond acceptors (Lipinski definition) is 3. The third-order valence-corrected chi connectivity index (χ3v) is 5.00. The van der Waals surface area contributed by atoms with Crippen LogP contribution in [0.25, 0.3) is 0 Å². The third kappa shape index (κ3) is 5.10. The number of amides is 3. The van der Waals surface area contributed by atoms with E-state index in [1.54, 1.807) is 17.0 Å². The zero-order chi connectivity index (χ0) is 21.7. The molecule has 0 atom stereocenters. The highest BCUT2D eigenvalue weighted by Crippen LogP contribution is 2.32. The van der Waals surface area contributed by atoms with E-state index in [9.17, 15) is 22.8 Å². The molecule has 1 fully saturated rings. The van der Waals surface area contributed by atoms with E-state index in [1.807, 2.05) is 0 Å². The number of likely N-dealkylation sites (tertiary alicyclic amines) is 1. The van der Waals surface area contributed by atoms with Crippen molar-refractivity contribution in [2.75, 3.05) is 18.0 Å². The van der Waals surface area contributed by atoms with Gasteiger partial charge in [0.25, 0.3) is 5.91 Å². The highest BCUT2D eigenvalue weighted by molar-refractivity contribution is 5.94. The van der Waals surface area contributed by atoms with Gasteiger partial charge < -0.3 is 4.90 Å². The van der Waals surface area contributed by atoms with Crippen molar-refractivity contribution in [3.05, 3.63) is 65.2 Å². The molecule has 1 aliphatic heterocycles. The second kappa shape index (κ2) is 9.17. The molecule has 1 heterocycles. The topological polar surface area (TPSA) is 72.9 Å². The van der Waals surface area contributed by atoms with E-state index in [2.05, 4.69) is 0 Å². The van der Waals surface area contributed by atoms with E-state index in [1.165, 1.54) is 34.6 Å². The van der Waals surface area contributed by atoms with E-state index in [4.69, 9.17) is 5.21 Å². The molecule has 0 bridgehead atoms. The van der Waals surface area contributed by atoms with Gasteiger partial charge in [0, 0.05) is 24.3 Å². The first-order valence-electron chi connectivity index (χ1n) is 9.56. The Balaban J connectivity index is 1.91. The van der Waals surface area contributed by atoms with Crippen molar-refractivity contribution in [2.45, 2.75) is 32.0 Å². The van der Waals surface area contributed by atoms with Gasteiger partial charge in [-0.15, -0.1) is 0 Å². The Labute approximate surface area is 171 Å². The zero-order valence-electron chi connectivity index (χ0n) is 16.2. The van der Waals surface area contributed by atoms with Crippen molar-refractivity contribution in [3.63, 3.8) is 0 Å². The van der Waals surface area contributed by atoms with Gasteiger partial charge in [0.05, 0.1) is 12.1 Å². The largest absolute Gasteiger partial charge is 0.416 e. The Morgan fingerprint density at radius 1 is 1.03 bits per heavy atom. The van der Waals surface area contributed by atoms with Crippen LogP contribution in [-0.4, -0.2) is 35.1 Å². The number of hydrogen-bond donors (Lipinski definition) is 2. The van der Waals surface area contributed by atoms with Gasteiger partial charge in [-0.05, 0) is 55.2 Å². The average Bonchev–Trinajstić information content (AvgIpc) is 2.77. The van der Waals surface area contributed by atoms with Crippen LogP contribution < -0.4 is 10.4 Å². The summed E-state index contributed by atoms with van der Waals surface area (Å²) < 4.78 is 39.6. The van der Waals surface area contributed by atoms with Crippen molar-refractivity contribution < 1.29 is 28.0 Å². The quantitative estimate of drug-likeness (QED) is 0.566. The summed E-state index contributed by atoms with van der Waals surface area (Å²) in [5.41, 5.74) is 1.70. The molecule has 2 aromatic rings. The van der Waals surface area contributed by atoms with Crippen molar-refractivity contribution in [1.29, 1.82) is 0 Å². The summed E-state index contributed by atoms with van der Waals surface area (Å²) in [7, 11) is 0. The van der Waals surface area contributed by atoms with Gasteiger partial charge in [0.1, 0.15) is 0 Å². The number of hydroxylamine groups is 1. The maximum Gasteiger partial charge on any atom is 0.416 e. The average molecular weight is 421 g/mol. The van der Waals surface area contributed by atoms with Gasteiger partial charge in [-0.2, -0.15) is 13.2 Å². The van der Waals surface area contributed by atoms with Crippen LogP contribution in [0.1, 0.15) is 40.7 Å². The fraction of sp³-hybridized carbons (Fsp3) is 0.333. The van der Waals surface area contributed by atoms with Gasteiger partial charge >= 0.3 is 12.2 Å². The predicted octanol–water partition coefficient (Wildman–Crippen LogP) is 4.44. The predicted molar refractivity (Wildman–Crippen MR) is 104 cm³/mol. The molecule has 6 nitrogen and oxygen atoms in total. The molecule has 160 valence electrons. The van der Waals surface area contributed by atoms with Crippen LogP contribution >= 0.6 is 0 Å². The Morgan fingerprint density at radius 2 is 1.70 bits per heavy atom. The lowest BCUT2D eigenvalue weighted by Crippen LogP contribution is -2.45. The fourth-order valence-electron chi connectivity index (χ4n) is 3.38. The Kier molecular flexibility index (Phi) is 6.61. The number of nitrogens with zero attached hydrogens (tertiary/aromatic N) is 2. The lowest BCUT2D eigenvalue weighted by Gasteiger charge is -2.33. The van der Waals surface area contributed by atoms with E-state index in [0.29, 0.717) is 18.7 Å². The number of piperidine rings is 1. The smallest absolute Gasteiger partial charge is 0.324 e. The minimum atomic E-state index is -4.52. The van der Waals surface area contributed by atoms with E-state index in [-0.39, 0.29) is 23.8 Å². The van der Waals surface area contributed by atoms with Crippen LogP contribution in [0, 0.1) is 0 Å². The highest BCUT2D eigenvalue weighted by Gasteiger charge is 2.32. The second-order valence-electron chi connectivity index (χ2n) is 7.10. The summed E-state index contributed by atoms with van der Waals surface area (Å²) in [6, 6.07) is 10.5. The monoisotopic (exact) mass is 421 g/mol. The van der Waals surface area contributed by atoms with Crippen LogP contribution in [0.4, 0.5) is 23.7 Å². The number of halogens is 3. The van der Waals surface area contributed by atoms with Crippen molar-refractivity contribution in [1.82, 2.24) is 10.4 Å². The molecule has 30 heavy (non-hydrogen) atoms. The summed E-state index contributed by atoms with van der Waals surface area (Å²) in [5.74, 6) is -0.680. The van der Waals surface area contributed by atoms with Gasteiger partial charge in [-0.3, -0.25) is 14.9 Å². The molecule has 0 radical (unpaired) electrons. The molecule has 2 aromatic carbocycles. The summed E-state index contributed by atoms with van der Waals surface area (Å²) in [4.78, 5) is 27.6. The van der Waals surface area contributed by atoms with Crippen LogP contribution in [0.5, 0.6) is 0 Å². The highest BCUT2D eigenvalue weighted by atomic mass is 19.4. The lowest BCUT2D eigenvalue weighted by atomic mass is 10.1. The number of benzene rings is 2. The molecule has 1 aliphatic rings. The van der Waals surface area contributed by atoms with Crippen molar-refractivity contribution in [2.24, 2.45) is 0 Å². The van der Waals surface area contributed by atoms with Crippen molar-refractivity contribution >= 4 is 17.6 Å². The number of alkyl halides is 3.